The Bertz CT molecular complexity index is 315. The van der Waals surface area contributed by atoms with Crippen molar-refractivity contribution in [1.29, 1.82) is 0 Å². The first-order valence-electron chi connectivity index (χ1n) is 5.14. The van der Waals surface area contributed by atoms with Gasteiger partial charge in [0.05, 0.1) is 0 Å². The number of nitrogens with two attached hydrogens (primary N) is 1. The molecule has 68 valence electrons. The molecule has 13 heavy (non-hydrogen) atoms. The molecule has 4 rings (SSSR count). The predicted octanol–water partition coefficient (Wildman–Crippen LogP) is 2.07. The van der Waals surface area contributed by atoms with Gasteiger partial charge in [0.1, 0.15) is 0 Å². The molecule has 2 N–H and O–H groups in total. The number of rotatable bonds is 1. The van der Waals surface area contributed by atoms with Crippen molar-refractivity contribution in [1.82, 2.24) is 0 Å². The molecule has 0 spiro atoms. The molecule has 1 aromatic carbocycles. The third kappa shape index (κ3) is 0.806. The molecule has 2 bridgehead atoms. The molecule has 0 aromatic heterocycles. The molecule has 1 heteroatoms. The van der Waals surface area contributed by atoms with E-state index in [1.807, 2.05) is 0 Å². The van der Waals surface area contributed by atoms with Gasteiger partial charge in [-0.3, -0.25) is 0 Å². The number of hydrogen-bond donors (Lipinski definition) is 1. The second-order valence-corrected chi connectivity index (χ2v) is 4.55. The Morgan fingerprint density at radius 1 is 1.23 bits per heavy atom. The minimum atomic E-state index is 0.367. The van der Waals surface area contributed by atoms with Gasteiger partial charge in [0.2, 0.25) is 0 Å². The Kier molecular flexibility index (Phi) is 1.37. The minimum absolute atomic E-state index is 0.367. The lowest BCUT2D eigenvalue weighted by Gasteiger charge is -2.46. The monoisotopic (exact) mass is 173 g/mol. The molecule has 3 aliphatic carbocycles. The fraction of sp³-hybridized carbons (Fsp3) is 0.500. The van der Waals surface area contributed by atoms with Crippen LogP contribution in [-0.2, 0) is 5.41 Å². The molecule has 0 saturated heterocycles. The third-order valence-corrected chi connectivity index (χ3v) is 4.08. The van der Waals surface area contributed by atoms with Gasteiger partial charge in [-0.15, -0.1) is 0 Å². The van der Waals surface area contributed by atoms with Gasteiger partial charge in [-0.2, -0.15) is 0 Å². The topological polar surface area (TPSA) is 26.0 Å². The van der Waals surface area contributed by atoms with Gasteiger partial charge in [0, 0.05) is 11.5 Å². The zero-order valence-electron chi connectivity index (χ0n) is 7.74. The molecule has 3 atom stereocenters. The summed E-state index contributed by atoms with van der Waals surface area (Å²) in [6.07, 6.45) is 3.98. The highest BCUT2D eigenvalue weighted by Crippen LogP contribution is 2.58. The Balaban J connectivity index is 2.02. The predicted molar refractivity (Wildman–Crippen MR) is 53.4 cm³/mol. The minimum Gasteiger partial charge on any atom is -0.327 e. The lowest BCUT2D eigenvalue weighted by atomic mass is 9.62. The fourth-order valence-corrected chi connectivity index (χ4v) is 3.24. The van der Waals surface area contributed by atoms with Crippen molar-refractivity contribution in [3.8, 4) is 0 Å². The Morgan fingerprint density at radius 3 is 2.54 bits per heavy atom. The van der Waals surface area contributed by atoms with Crippen molar-refractivity contribution in [3.63, 3.8) is 0 Å². The maximum atomic E-state index is 6.20. The molecule has 3 fully saturated rings. The van der Waals surface area contributed by atoms with Crippen LogP contribution in [0.5, 0.6) is 0 Å². The summed E-state index contributed by atoms with van der Waals surface area (Å²) in [6.45, 7) is 0. The van der Waals surface area contributed by atoms with E-state index in [0.717, 1.165) is 5.92 Å². The van der Waals surface area contributed by atoms with Crippen molar-refractivity contribution >= 4 is 0 Å². The summed E-state index contributed by atoms with van der Waals surface area (Å²) in [4.78, 5) is 0. The summed E-state index contributed by atoms with van der Waals surface area (Å²) in [5.41, 5.74) is 8.03. The van der Waals surface area contributed by atoms with E-state index in [1.165, 1.54) is 24.8 Å². The molecular formula is C12H15N. The normalized spacial score (nSPS) is 41.6. The van der Waals surface area contributed by atoms with Gasteiger partial charge >= 0.3 is 0 Å². The molecule has 3 saturated carbocycles. The van der Waals surface area contributed by atoms with E-state index < -0.39 is 0 Å². The molecule has 1 nitrogen and oxygen atoms in total. The van der Waals surface area contributed by atoms with E-state index >= 15 is 0 Å². The van der Waals surface area contributed by atoms with Gasteiger partial charge in [0.15, 0.2) is 0 Å². The maximum absolute atomic E-state index is 6.20. The first-order chi connectivity index (χ1) is 6.33. The standard InChI is InChI=1S/C12H15N/c13-11-9-6-7-12(11,8-9)10-4-2-1-3-5-10/h1-5,9,11H,6-8,13H2. The van der Waals surface area contributed by atoms with Gasteiger partial charge in [-0.1, -0.05) is 30.3 Å². The van der Waals surface area contributed by atoms with E-state index in [2.05, 4.69) is 30.3 Å². The van der Waals surface area contributed by atoms with Crippen LogP contribution in [0.2, 0.25) is 0 Å². The van der Waals surface area contributed by atoms with E-state index in [9.17, 15) is 0 Å². The molecule has 0 amide bonds. The van der Waals surface area contributed by atoms with Crippen molar-refractivity contribution in [2.75, 3.05) is 0 Å². The highest BCUT2D eigenvalue weighted by Gasteiger charge is 2.57. The Morgan fingerprint density at radius 2 is 2.00 bits per heavy atom. The third-order valence-electron chi connectivity index (χ3n) is 4.08. The molecule has 0 heterocycles. The average molecular weight is 173 g/mol. The first-order valence-corrected chi connectivity index (χ1v) is 5.14. The largest absolute Gasteiger partial charge is 0.327 e. The molecule has 1 aromatic rings. The lowest BCUT2D eigenvalue weighted by molar-refractivity contribution is 0.189. The zero-order chi connectivity index (χ0) is 8.89. The van der Waals surface area contributed by atoms with Crippen LogP contribution >= 0.6 is 0 Å². The number of benzene rings is 1. The van der Waals surface area contributed by atoms with Crippen LogP contribution in [0.1, 0.15) is 24.8 Å². The molecular weight excluding hydrogens is 158 g/mol. The van der Waals surface area contributed by atoms with Gasteiger partial charge in [-0.25, -0.2) is 0 Å². The number of fused-ring (bicyclic) bond motifs is 1. The quantitative estimate of drug-likeness (QED) is 0.691. The van der Waals surface area contributed by atoms with E-state index in [-0.39, 0.29) is 0 Å². The van der Waals surface area contributed by atoms with Crippen LogP contribution in [0.4, 0.5) is 0 Å². The van der Waals surface area contributed by atoms with Gasteiger partial charge in [-0.05, 0) is 30.7 Å². The summed E-state index contributed by atoms with van der Waals surface area (Å²) in [7, 11) is 0. The highest BCUT2D eigenvalue weighted by atomic mass is 14.8. The van der Waals surface area contributed by atoms with Crippen LogP contribution < -0.4 is 5.73 Å². The van der Waals surface area contributed by atoms with Crippen LogP contribution in [0, 0.1) is 5.92 Å². The van der Waals surface area contributed by atoms with Crippen LogP contribution in [0.15, 0.2) is 30.3 Å². The summed E-state index contributed by atoms with van der Waals surface area (Å²) in [5, 5.41) is 0. The Labute approximate surface area is 78.9 Å². The van der Waals surface area contributed by atoms with Gasteiger partial charge in [0.25, 0.3) is 0 Å². The first kappa shape index (κ1) is 7.57. The summed E-state index contributed by atoms with van der Waals surface area (Å²) >= 11 is 0. The van der Waals surface area contributed by atoms with E-state index in [4.69, 9.17) is 5.73 Å². The van der Waals surface area contributed by atoms with Crippen LogP contribution in [0.25, 0.3) is 0 Å². The highest BCUT2D eigenvalue weighted by molar-refractivity contribution is 5.35. The van der Waals surface area contributed by atoms with E-state index in [0.29, 0.717) is 11.5 Å². The van der Waals surface area contributed by atoms with Crippen LogP contribution in [0.3, 0.4) is 0 Å². The number of hydrogen-bond acceptors (Lipinski definition) is 1. The van der Waals surface area contributed by atoms with Gasteiger partial charge < -0.3 is 5.73 Å². The zero-order valence-corrected chi connectivity index (χ0v) is 7.74. The van der Waals surface area contributed by atoms with Crippen LogP contribution in [-0.4, -0.2) is 6.04 Å². The summed E-state index contributed by atoms with van der Waals surface area (Å²) in [6, 6.07) is 11.2. The molecule has 3 unspecified atom stereocenters. The fourth-order valence-electron chi connectivity index (χ4n) is 3.24. The average Bonchev–Trinajstić information content (AvgIpc) is 2.76. The Hall–Kier alpha value is -0.820. The molecule has 3 aliphatic rings. The van der Waals surface area contributed by atoms with Crippen molar-refractivity contribution in [3.05, 3.63) is 35.9 Å². The molecule has 0 aliphatic heterocycles. The second-order valence-electron chi connectivity index (χ2n) is 4.55. The molecule has 0 radical (unpaired) electrons. The lowest BCUT2D eigenvalue weighted by Crippen LogP contribution is -2.54. The smallest absolute Gasteiger partial charge is 0.0165 e. The van der Waals surface area contributed by atoms with Crippen molar-refractivity contribution in [2.24, 2.45) is 11.7 Å². The van der Waals surface area contributed by atoms with Crippen molar-refractivity contribution < 1.29 is 0 Å². The SMILES string of the molecule is NC1C2CCC1(c1ccccc1)C2. The van der Waals surface area contributed by atoms with E-state index in [1.54, 1.807) is 0 Å². The maximum Gasteiger partial charge on any atom is 0.0165 e. The summed E-state index contributed by atoms with van der Waals surface area (Å²) < 4.78 is 0. The summed E-state index contributed by atoms with van der Waals surface area (Å²) in [5.74, 6) is 0.820. The van der Waals surface area contributed by atoms with Crippen molar-refractivity contribution in [2.45, 2.75) is 30.7 Å². The second kappa shape index (κ2) is 2.36.